The largest absolute Gasteiger partial charge is 0.481 e. The molecule has 3 saturated carbocycles. The SMILES string of the molecule is CC=C1C2CC1C2=CN1[C@@H]2CCC[C@H]1C[C@@H](n1c(=O)c(/C(CCC(=O)O)=N/OC)nc3ccccc31)C2. The van der Waals surface area contributed by atoms with Gasteiger partial charge in [0.05, 0.1) is 17.5 Å². The van der Waals surface area contributed by atoms with Crippen molar-refractivity contribution < 1.29 is 14.7 Å². The number of nitrogens with zero attached hydrogens (tertiary/aromatic N) is 4. The molecular formula is C29H34N4O4. The van der Waals surface area contributed by atoms with Crippen molar-refractivity contribution in [1.29, 1.82) is 0 Å². The van der Waals surface area contributed by atoms with E-state index in [-0.39, 0.29) is 35.8 Å². The summed E-state index contributed by atoms with van der Waals surface area (Å²) in [4.78, 5) is 37.5. The molecular weight excluding hydrogens is 468 g/mol. The molecule has 0 spiro atoms. The Morgan fingerprint density at radius 1 is 1.11 bits per heavy atom. The third kappa shape index (κ3) is 3.97. The zero-order valence-corrected chi connectivity index (χ0v) is 21.5. The van der Waals surface area contributed by atoms with Crippen LogP contribution in [0.15, 0.2) is 57.6 Å². The molecule has 37 heavy (non-hydrogen) atoms. The van der Waals surface area contributed by atoms with Crippen LogP contribution in [-0.2, 0) is 9.63 Å². The number of aliphatic carboxylic acids is 1. The highest BCUT2D eigenvalue weighted by molar-refractivity contribution is 6.00. The average Bonchev–Trinajstić information content (AvgIpc) is 2.83. The van der Waals surface area contributed by atoms with E-state index in [1.165, 1.54) is 20.0 Å². The number of benzene rings is 1. The first kappa shape index (κ1) is 23.9. The normalized spacial score (nSPS) is 28.4. The van der Waals surface area contributed by atoms with Gasteiger partial charge in [0.1, 0.15) is 12.8 Å². The molecule has 2 unspecified atom stereocenters. The highest BCUT2D eigenvalue weighted by Gasteiger charge is 2.53. The van der Waals surface area contributed by atoms with Gasteiger partial charge in [-0.05, 0) is 63.2 Å². The van der Waals surface area contributed by atoms with E-state index in [0.717, 1.165) is 31.2 Å². The Morgan fingerprint density at radius 3 is 2.49 bits per heavy atom. The smallest absolute Gasteiger partial charge is 0.303 e. The van der Waals surface area contributed by atoms with Crippen molar-refractivity contribution in [2.45, 2.75) is 76.4 Å². The lowest BCUT2D eigenvalue weighted by atomic mass is 9.48. The molecule has 5 aliphatic rings. The molecule has 1 aromatic heterocycles. The molecule has 4 bridgehead atoms. The third-order valence-electron chi connectivity index (χ3n) is 8.93. The van der Waals surface area contributed by atoms with Gasteiger partial charge in [0.25, 0.3) is 5.56 Å². The molecule has 3 aliphatic carbocycles. The Morgan fingerprint density at radius 2 is 1.84 bits per heavy atom. The number of para-hydroxylation sites is 2. The summed E-state index contributed by atoms with van der Waals surface area (Å²) in [5, 5.41) is 13.2. The average molecular weight is 503 g/mol. The summed E-state index contributed by atoms with van der Waals surface area (Å²) in [6.45, 7) is 2.15. The Balaban J connectivity index is 1.36. The molecule has 2 aromatic rings. The zero-order chi connectivity index (χ0) is 25.7. The quantitative estimate of drug-likeness (QED) is 0.336. The fraction of sp³-hybridized carbons (Fsp3) is 0.517. The van der Waals surface area contributed by atoms with Gasteiger partial charge in [-0.25, -0.2) is 4.98 Å². The standard InChI is InChI=1S/C29H34N4O4/c1-3-20-21-15-22(20)23(21)16-32-17-7-6-8-18(32)14-19(13-17)33-26-10-5-4-9-24(26)30-28(29(33)36)25(31-37-2)11-12-27(34)35/h3-5,9-10,16-19,21-22H,6-8,11-15H2,1-2H3,(H,34,35)/b20-3?,23-16?,31-25+/t17-,18+,19+,21?,22?. The Bertz CT molecular complexity index is 1360. The molecule has 8 nitrogen and oxygen atoms in total. The number of oxime groups is 1. The van der Waals surface area contributed by atoms with Crippen LogP contribution in [0.2, 0.25) is 0 Å². The summed E-state index contributed by atoms with van der Waals surface area (Å²) >= 11 is 0. The van der Waals surface area contributed by atoms with Crippen LogP contribution < -0.4 is 5.56 Å². The summed E-state index contributed by atoms with van der Waals surface area (Å²) in [6, 6.07) is 8.59. The van der Waals surface area contributed by atoms with Gasteiger partial charge in [-0.15, -0.1) is 0 Å². The van der Waals surface area contributed by atoms with Crippen LogP contribution in [0.5, 0.6) is 0 Å². The van der Waals surface area contributed by atoms with Crippen molar-refractivity contribution >= 4 is 22.7 Å². The maximum atomic E-state index is 14.0. The van der Waals surface area contributed by atoms with Crippen LogP contribution in [0.4, 0.5) is 0 Å². The lowest BCUT2D eigenvalue weighted by Crippen LogP contribution is -2.53. The predicted molar refractivity (Wildman–Crippen MR) is 141 cm³/mol. The van der Waals surface area contributed by atoms with Gasteiger partial charge in [-0.3, -0.25) is 9.59 Å². The number of fused-ring (bicyclic) bond motifs is 3. The van der Waals surface area contributed by atoms with Gasteiger partial charge >= 0.3 is 5.97 Å². The van der Waals surface area contributed by atoms with Crippen LogP contribution in [0.1, 0.15) is 70.0 Å². The maximum Gasteiger partial charge on any atom is 0.303 e. The molecule has 2 saturated heterocycles. The number of piperidine rings is 2. The number of allylic oxidation sites excluding steroid dienone is 3. The van der Waals surface area contributed by atoms with Crippen molar-refractivity contribution in [3.63, 3.8) is 0 Å². The molecule has 0 amide bonds. The van der Waals surface area contributed by atoms with Gasteiger partial charge in [0.15, 0.2) is 5.69 Å². The predicted octanol–water partition coefficient (Wildman–Crippen LogP) is 4.65. The zero-order valence-electron chi connectivity index (χ0n) is 21.5. The van der Waals surface area contributed by atoms with Crippen LogP contribution in [0, 0.1) is 11.8 Å². The third-order valence-corrected chi connectivity index (χ3v) is 8.93. The molecule has 5 atom stereocenters. The number of carboxylic acids is 1. The highest BCUT2D eigenvalue weighted by Crippen LogP contribution is 2.63. The van der Waals surface area contributed by atoms with Crippen LogP contribution >= 0.6 is 0 Å². The van der Waals surface area contributed by atoms with Crippen LogP contribution in [0.25, 0.3) is 11.0 Å². The fourth-order valence-electron chi connectivity index (χ4n) is 7.05. The monoisotopic (exact) mass is 502 g/mol. The Hall–Kier alpha value is -3.42. The van der Waals surface area contributed by atoms with E-state index in [1.807, 2.05) is 28.8 Å². The van der Waals surface area contributed by atoms with E-state index < -0.39 is 5.97 Å². The first-order chi connectivity index (χ1) is 18.0. The number of hydrogen-bond donors (Lipinski definition) is 1. The molecule has 1 aromatic carbocycles. The van der Waals surface area contributed by atoms with Crippen molar-refractivity contribution in [1.82, 2.24) is 14.5 Å². The topological polar surface area (TPSA) is 97.0 Å². The molecule has 8 heteroatoms. The van der Waals surface area contributed by atoms with E-state index >= 15 is 0 Å². The van der Waals surface area contributed by atoms with E-state index in [2.05, 4.69) is 34.2 Å². The second kappa shape index (κ2) is 9.47. The summed E-state index contributed by atoms with van der Waals surface area (Å²) in [7, 11) is 1.40. The molecule has 194 valence electrons. The summed E-state index contributed by atoms with van der Waals surface area (Å²) in [5.41, 5.74) is 5.00. The van der Waals surface area contributed by atoms with Crippen LogP contribution in [0.3, 0.4) is 0 Å². The fourth-order valence-corrected chi connectivity index (χ4v) is 7.05. The Kier molecular flexibility index (Phi) is 6.13. The lowest BCUT2D eigenvalue weighted by molar-refractivity contribution is -0.136. The van der Waals surface area contributed by atoms with Crippen molar-refractivity contribution in [3.05, 3.63) is 63.7 Å². The Labute approximate surface area is 216 Å². The van der Waals surface area contributed by atoms with E-state index in [9.17, 15) is 14.7 Å². The molecule has 0 radical (unpaired) electrons. The first-order valence-corrected chi connectivity index (χ1v) is 13.5. The van der Waals surface area contributed by atoms with Gasteiger partial charge in [0, 0.05) is 42.6 Å². The van der Waals surface area contributed by atoms with Crippen molar-refractivity contribution in [2.75, 3.05) is 7.11 Å². The van der Waals surface area contributed by atoms with Gasteiger partial charge in [0.2, 0.25) is 0 Å². The van der Waals surface area contributed by atoms with Crippen molar-refractivity contribution in [3.8, 4) is 0 Å². The molecule has 1 N–H and O–H groups in total. The van der Waals surface area contributed by atoms with Gasteiger partial charge in [-0.2, -0.15) is 0 Å². The minimum atomic E-state index is -0.954. The highest BCUT2D eigenvalue weighted by atomic mass is 16.6. The second-order valence-electron chi connectivity index (χ2n) is 10.8. The van der Waals surface area contributed by atoms with E-state index in [4.69, 9.17) is 4.84 Å². The van der Waals surface area contributed by atoms with Gasteiger partial charge < -0.3 is 19.4 Å². The molecule has 7 rings (SSSR count). The first-order valence-electron chi connectivity index (χ1n) is 13.5. The summed E-state index contributed by atoms with van der Waals surface area (Å²) < 4.78 is 1.91. The number of aromatic nitrogens is 2. The number of carbonyl (C=O) groups is 1. The molecule has 5 fully saturated rings. The minimum Gasteiger partial charge on any atom is -0.481 e. The maximum absolute atomic E-state index is 14.0. The second-order valence-corrected chi connectivity index (χ2v) is 10.8. The number of rotatable bonds is 7. The minimum absolute atomic E-state index is 0.0504. The lowest BCUT2D eigenvalue weighted by Gasteiger charge is -2.58. The van der Waals surface area contributed by atoms with Gasteiger partial charge in [-0.1, -0.05) is 28.9 Å². The van der Waals surface area contributed by atoms with Crippen molar-refractivity contribution in [2.24, 2.45) is 17.0 Å². The summed E-state index contributed by atoms with van der Waals surface area (Å²) in [6.07, 6.45) is 11.3. The van der Waals surface area contributed by atoms with E-state index in [0.29, 0.717) is 29.4 Å². The van der Waals surface area contributed by atoms with E-state index in [1.54, 1.807) is 11.1 Å². The number of carboxylic acid groups (broad SMARTS) is 1. The molecule has 3 heterocycles. The number of hydrogen-bond acceptors (Lipinski definition) is 6. The molecule has 2 aliphatic heterocycles. The summed E-state index contributed by atoms with van der Waals surface area (Å²) in [5.74, 6) is 0.393. The van der Waals surface area contributed by atoms with Crippen LogP contribution in [-0.4, -0.2) is 50.4 Å².